The number of fused-ring (bicyclic) bond motifs is 1. The van der Waals surface area contributed by atoms with Crippen molar-refractivity contribution in [3.63, 3.8) is 0 Å². The van der Waals surface area contributed by atoms with Gasteiger partial charge in [-0.2, -0.15) is 0 Å². The van der Waals surface area contributed by atoms with Crippen LogP contribution in [0.4, 0.5) is 10.2 Å². The second-order valence-corrected chi connectivity index (χ2v) is 11.6. The van der Waals surface area contributed by atoms with Crippen molar-refractivity contribution in [1.29, 1.82) is 0 Å². The maximum absolute atomic E-state index is 14.9. The summed E-state index contributed by atoms with van der Waals surface area (Å²) in [6, 6.07) is 6.88. The first-order valence-corrected chi connectivity index (χ1v) is 15.1. The third kappa shape index (κ3) is 7.96. The summed E-state index contributed by atoms with van der Waals surface area (Å²) < 4.78 is 25.7. The highest BCUT2D eigenvalue weighted by molar-refractivity contribution is 5.77. The zero-order valence-electron chi connectivity index (χ0n) is 25.1. The van der Waals surface area contributed by atoms with Gasteiger partial charge in [0.2, 0.25) is 0 Å². The molecule has 9 heteroatoms. The number of benzene rings is 1. The first-order chi connectivity index (χ1) is 19.8. The molecule has 0 unspecified atom stereocenters. The van der Waals surface area contributed by atoms with Gasteiger partial charge in [-0.1, -0.05) is 26.3 Å². The Bertz CT molecular complexity index is 1160. The SMILES string of the molecule is COCCN(CCCCCc1ccc2c(n1)NCCC2)[C@@H]1CCN([C@H](C(=O)O)c2cc(C(C)C)cc(F)c2OC)C1. The Morgan fingerprint density at radius 2 is 2.05 bits per heavy atom. The summed E-state index contributed by atoms with van der Waals surface area (Å²) in [5.41, 5.74) is 3.62. The van der Waals surface area contributed by atoms with E-state index in [0.29, 0.717) is 25.3 Å². The van der Waals surface area contributed by atoms with Crippen LogP contribution in [0.3, 0.4) is 0 Å². The van der Waals surface area contributed by atoms with Crippen molar-refractivity contribution in [1.82, 2.24) is 14.8 Å². The number of halogens is 1. The van der Waals surface area contributed by atoms with E-state index in [4.69, 9.17) is 14.5 Å². The molecule has 2 N–H and O–H groups in total. The predicted octanol–water partition coefficient (Wildman–Crippen LogP) is 5.27. The second kappa shape index (κ2) is 14.9. The number of unbranched alkanes of at least 4 members (excludes halogenated alkanes) is 2. The maximum atomic E-state index is 14.9. The number of ether oxygens (including phenoxy) is 2. The van der Waals surface area contributed by atoms with Crippen molar-refractivity contribution < 1.29 is 23.8 Å². The monoisotopic (exact) mass is 570 g/mol. The number of carboxylic acid groups (broad SMARTS) is 1. The lowest BCUT2D eigenvalue weighted by Gasteiger charge is -2.31. The molecule has 8 nitrogen and oxygen atoms in total. The van der Waals surface area contributed by atoms with Crippen LogP contribution in [0.1, 0.15) is 80.3 Å². The highest BCUT2D eigenvalue weighted by Crippen LogP contribution is 2.37. The summed E-state index contributed by atoms with van der Waals surface area (Å²) in [6.07, 6.45) is 7.34. The molecular formula is C32H47FN4O4. The molecule has 0 aliphatic carbocycles. The Morgan fingerprint density at radius 3 is 2.78 bits per heavy atom. The second-order valence-electron chi connectivity index (χ2n) is 11.6. The summed E-state index contributed by atoms with van der Waals surface area (Å²) in [5.74, 6) is -0.357. The predicted molar refractivity (Wildman–Crippen MR) is 159 cm³/mol. The van der Waals surface area contributed by atoms with Gasteiger partial charge < -0.3 is 19.9 Å². The molecule has 41 heavy (non-hydrogen) atoms. The Hall–Kier alpha value is -2.75. The third-order valence-corrected chi connectivity index (χ3v) is 8.48. The average molecular weight is 571 g/mol. The number of hydrogen-bond donors (Lipinski definition) is 2. The van der Waals surface area contributed by atoms with Crippen LogP contribution in [0.25, 0.3) is 0 Å². The molecule has 1 saturated heterocycles. The summed E-state index contributed by atoms with van der Waals surface area (Å²) >= 11 is 0. The molecule has 4 rings (SSSR count). The zero-order valence-corrected chi connectivity index (χ0v) is 25.1. The van der Waals surface area contributed by atoms with Crippen LogP contribution in [-0.2, 0) is 22.4 Å². The molecule has 2 aromatic rings. The molecule has 2 aliphatic rings. The topological polar surface area (TPSA) is 87.2 Å². The quantitative estimate of drug-likeness (QED) is 0.280. The van der Waals surface area contributed by atoms with Crippen LogP contribution in [0.2, 0.25) is 0 Å². The molecule has 2 atom stereocenters. The van der Waals surface area contributed by atoms with E-state index in [2.05, 4.69) is 22.3 Å². The van der Waals surface area contributed by atoms with Gasteiger partial charge in [-0.3, -0.25) is 14.6 Å². The lowest BCUT2D eigenvalue weighted by atomic mass is 9.95. The number of methoxy groups -OCH3 is 2. The van der Waals surface area contributed by atoms with Gasteiger partial charge in [0.15, 0.2) is 11.6 Å². The van der Waals surface area contributed by atoms with Crippen molar-refractivity contribution in [3.8, 4) is 5.75 Å². The largest absolute Gasteiger partial charge is 0.493 e. The van der Waals surface area contributed by atoms with E-state index in [1.807, 2.05) is 18.7 Å². The number of carbonyl (C=O) groups is 1. The number of rotatable bonds is 15. The Balaban J connectivity index is 1.36. The van der Waals surface area contributed by atoms with E-state index in [-0.39, 0.29) is 17.7 Å². The molecule has 226 valence electrons. The van der Waals surface area contributed by atoms with E-state index in [9.17, 15) is 14.3 Å². The van der Waals surface area contributed by atoms with Crippen molar-refractivity contribution in [2.75, 3.05) is 58.9 Å². The molecule has 1 aromatic carbocycles. The van der Waals surface area contributed by atoms with E-state index in [1.54, 1.807) is 13.2 Å². The van der Waals surface area contributed by atoms with Crippen molar-refractivity contribution in [3.05, 3.63) is 52.5 Å². The average Bonchev–Trinajstić information content (AvgIpc) is 3.43. The lowest BCUT2D eigenvalue weighted by molar-refractivity contribution is -0.143. The van der Waals surface area contributed by atoms with Gasteiger partial charge in [-0.25, -0.2) is 9.37 Å². The fraction of sp³-hybridized carbons (Fsp3) is 0.625. The number of aryl methyl sites for hydroxylation is 2. The molecule has 1 aromatic heterocycles. The van der Waals surface area contributed by atoms with Crippen LogP contribution in [-0.4, -0.2) is 85.5 Å². The van der Waals surface area contributed by atoms with Gasteiger partial charge in [-0.05, 0) is 80.3 Å². The number of pyridine rings is 1. The third-order valence-electron chi connectivity index (χ3n) is 8.48. The molecule has 0 radical (unpaired) electrons. The smallest absolute Gasteiger partial charge is 0.325 e. The summed E-state index contributed by atoms with van der Waals surface area (Å²) in [7, 11) is 3.11. The molecule has 0 saturated carbocycles. The number of nitrogens with one attached hydrogen (secondary N) is 1. The van der Waals surface area contributed by atoms with E-state index in [1.165, 1.54) is 25.2 Å². The standard InChI is InChI=1S/C32H47FN4O4/c1-22(2)24-19-27(30(41-4)28(33)20-24)29(32(38)39)37-16-13-26(21-37)36(17-18-40-3)15-7-5-6-10-25-12-11-23-9-8-14-34-31(23)35-25/h11-12,19-20,22,26,29H,5-10,13-18,21H2,1-4H3,(H,34,35)(H,38,39)/t26-,29+/m1/s1. The molecule has 2 aliphatic heterocycles. The number of hydrogen-bond acceptors (Lipinski definition) is 7. The molecular weight excluding hydrogens is 523 g/mol. The minimum absolute atomic E-state index is 0.0192. The normalized spacial score (nSPS) is 18.0. The number of aromatic nitrogens is 1. The number of nitrogens with zero attached hydrogens (tertiary/aromatic N) is 3. The van der Waals surface area contributed by atoms with Crippen LogP contribution < -0.4 is 10.1 Å². The Morgan fingerprint density at radius 1 is 1.22 bits per heavy atom. The number of likely N-dealkylation sites (tertiary alicyclic amines) is 1. The minimum atomic E-state index is -0.987. The lowest BCUT2D eigenvalue weighted by Crippen LogP contribution is -2.41. The minimum Gasteiger partial charge on any atom is -0.493 e. The first kappa shape index (κ1) is 31.2. The molecule has 0 amide bonds. The highest BCUT2D eigenvalue weighted by Gasteiger charge is 2.38. The molecule has 0 bridgehead atoms. The fourth-order valence-corrected chi connectivity index (χ4v) is 6.17. The summed E-state index contributed by atoms with van der Waals surface area (Å²) in [6.45, 7) is 8.53. The van der Waals surface area contributed by atoms with Gasteiger partial charge in [0.1, 0.15) is 11.9 Å². The number of carboxylic acids is 1. The van der Waals surface area contributed by atoms with Crippen LogP contribution in [0, 0.1) is 5.82 Å². The summed E-state index contributed by atoms with van der Waals surface area (Å²) in [4.78, 5) is 21.8. The van der Waals surface area contributed by atoms with Gasteiger partial charge in [0, 0.05) is 50.6 Å². The van der Waals surface area contributed by atoms with Gasteiger partial charge in [0.05, 0.1) is 13.7 Å². The Kier molecular flexibility index (Phi) is 11.4. The van der Waals surface area contributed by atoms with Gasteiger partial charge in [-0.15, -0.1) is 0 Å². The molecule has 3 heterocycles. The first-order valence-electron chi connectivity index (χ1n) is 15.1. The maximum Gasteiger partial charge on any atom is 0.325 e. The highest BCUT2D eigenvalue weighted by atomic mass is 19.1. The number of aliphatic carboxylic acids is 1. The van der Waals surface area contributed by atoms with Crippen LogP contribution >= 0.6 is 0 Å². The van der Waals surface area contributed by atoms with Crippen molar-refractivity contribution in [2.45, 2.75) is 76.8 Å². The molecule has 1 fully saturated rings. The van der Waals surface area contributed by atoms with Gasteiger partial charge >= 0.3 is 5.97 Å². The van der Waals surface area contributed by atoms with Crippen molar-refractivity contribution in [2.24, 2.45) is 0 Å². The van der Waals surface area contributed by atoms with Crippen LogP contribution in [0.5, 0.6) is 5.75 Å². The Labute approximate surface area is 244 Å². The number of anilines is 1. The van der Waals surface area contributed by atoms with Crippen LogP contribution in [0.15, 0.2) is 24.3 Å². The molecule has 0 spiro atoms. The van der Waals surface area contributed by atoms with E-state index in [0.717, 1.165) is 75.2 Å². The van der Waals surface area contributed by atoms with Gasteiger partial charge in [0.25, 0.3) is 0 Å². The van der Waals surface area contributed by atoms with Crippen molar-refractivity contribution >= 4 is 11.8 Å². The zero-order chi connectivity index (χ0) is 29.4. The summed E-state index contributed by atoms with van der Waals surface area (Å²) in [5, 5.41) is 13.7. The van der Waals surface area contributed by atoms with E-state index >= 15 is 0 Å². The fourth-order valence-electron chi connectivity index (χ4n) is 6.17. The van der Waals surface area contributed by atoms with E-state index < -0.39 is 17.8 Å².